The number of fused-ring (bicyclic) bond motifs is 1. The summed E-state index contributed by atoms with van der Waals surface area (Å²) in [7, 11) is 0. The molecule has 0 saturated carbocycles. The van der Waals surface area contributed by atoms with Crippen LogP contribution in [0.15, 0.2) is 24.3 Å². The molecular weight excluding hydrogens is 292 g/mol. The Bertz CT molecular complexity index is 563. The molecule has 5 nitrogen and oxygen atoms in total. The Morgan fingerprint density at radius 1 is 1.00 bits per heavy atom. The monoisotopic (exact) mass is 316 g/mol. The molecule has 1 aromatic carbocycles. The number of rotatable bonds is 9. The molecular formula is C18H24N2O3. The first kappa shape index (κ1) is 17.2. The molecule has 3 amide bonds. The maximum atomic E-state index is 12.4. The fourth-order valence-corrected chi connectivity index (χ4v) is 3.01. The van der Waals surface area contributed by atoms with Crippen LogP contribution in [-0.2, 0) is 4.79 Å². The Balaban J connectivity index is 2.01. The lowest BCUT2D eigenvalue weighted by Crippen LogP contribution is -2.47. The lowest BCUT2D eigenvalue weighted by molar-refractivity contribution is -0.122. The highest BCUT2D eigenvalue weighted by Crippen LogP contribution is 2.26. The summed E-state index contributed by atoms with van der Waals surface area (Å²) in [5.74, 6) is -1.45. The summed E-state index contributed by atoms with van der Waals surface area (Å²) < 4.78 is 0. The molecule has 0 aromatic heterocycles. The Labute approximate surface area is 136 Å². The van der Waals surface area contributed by atoms with E-state index in [4.69, 9.17) is 5.73 Å². The molecule has 0 fully saturated rings. The molecule has 1 aromatic rings. The van der Waals surface area contributed by atoms with Gasteiger partial charge in [0.15, 0.2) is 0 Å². The third kappa shape index (κ3) is 3.78. The van der Waals surface area contributed by atoms with E-state index in [1.807, 2.05) is 0 Å². The van der Waals surface area contributed by atoms with Crippen molar-refractivity contribution < 1.29 is 14.4 Å². The Morgan fingerprint density at radius 3 is 2.04 bits per heavy atom. The van der Waals surface area contributed by atoms with Gasteiger partial charge in [-0.3, -0.25) is 19.3 Å². The molecule has 0 saturated heterocycles. The highest BCUT2D eigenvalue weighted by molar-refractivity contribution is 6.22. The number of primary amides is 1. The van der Waals surface area contributed by atoms with E-state index in [2.05, 4.69) is 6.92 Å². The van der Waals surface area contributed by atoms with Gasteiger partial charge in [0.25, 0.3) is 11.8 Å². The Hall–Kier alpha value is -2.17. The third-order valence-electron chi connectivity index (χ3n) is 4.30. The van der Waals surface area contributed by atoms with Crippen molar-refractivity contribution in [3.05, 3.63) is 35.4 Å². The van der Waals surface area contributed by atoms with Gasteiger partial charge in [-0.2, -0.15) is 0 Å². The minimum absolute atomic E-state index is 0.353. The number of amides is 3. The smallest absolute Gasteiger partial charge is 0.262 e. The predicted octanol–water partition coefficient (Wildman–Crippen LogP) is 2.89. The first-order valence-electron chi connectivity index (χ1n) is 8.34. The van der Waals surface area contributed by atoms with Gasteiger partial charge < -0.3 is 5.73 Å². The Morgan fingerprint density at radius 2 is 1.52 bits per heavy atom. The maximum Gasteiger partial charge on any atom is 0.262 e. The zero-order chi connectivity index (χ0) is 16.8. The van der Waals surface area contributed by atoms with Gasteiger partial charge in [-0.15, -0.1) is 0 Å². The molecule has 0 radical (unpaired) electrons. The van der Waals surface area contributed by atoms with Crippen molar-refractivity contribution in [1.29, 1.82) is 0 Å². The van der Waals surface area contributed by atoms with Crippen LogP contribution in [0.3, 0.4) is 0 Å². The number of imide groups is 1. The van der Waals surface area contributed by atoms with E-state index in [1.54, 1.807) is 24.3 Å². The number of carbonyl (C=O) groups excluding carboxylic acids is 3. The molecule has 1 unspecified atom stereocenters. The molecule has 1 heterocycles. The van der Waals surface area contributed by atoms with Crippen molar-refractivity contribution in [3.8, 4) is 0 Å². The summed E-state index contributed by atoms with van der Waals surface area (Å²) in [6.07, 6.45) is 6.85. The number of unbranched alkanes of at least 4 members (excludes halogenated alkanes) is 5. The molecule has 0 bridgehead atoms. The second-order valence-electron chi connectivity index (χ2n) is 6.00. The van der Waals surface area contributed by atoms with E-state index in [1.165, 1.54) is 19.3 Å². The molecule has 1 aliphatic heterocycles. The number of hydrogen-bond donors (Lipinski definition) is 1. The van der Waals surface area contributed by atoms with E-state index < -0.39 is 23.8 Å². The van der Waals surface area contributed by atoms with E-state index in [0.29, 0.717) is 17.5 Å². The fourth-order valence-electron chi connectivity index (χ4n) is 3.01. The highest BCUT2D eigenvalue weighted by atomic mass is 16.2. The molecule has 0 aliphatic carbocycles. The zero-order valence-electron chi connectivity index (χ0n) is 13.6. The summed E-state index contributed by atoms with van der Waals surface area (Å²) in [4.78, 5) is 37.7. The maximum absolute atomic E-state index is 12.4. The first-order valence-corrected chi connectivity index (χ1v) is 8.34. The van der Waals surface area contributed by atoms with Gasteiger partial charge in [-0.05, 0) is 18.6 Å². The van der Waals surface area contributed by atoms with Gasteiger partial charge >= 0.3 is 0 Å². The number of hydrogen-bond acceptors (Lipinski definition) is 3. The normalized spacial score (nSPS) is 14.9. The van der Waals surface area contributed by atoms with Crippen LogP contribution >= 0.6 is 0 Å². The van der Waals surface area contributed by atoms with Crippen LogP contribution in [0.4, 0.5) is 0 Å². The summed E-state index contributed by atoms with van der Waals surface area (Å²) in [5.41, 5.74) is 6.16. The minimum atomic E-state index is -0.853. The van der Waals surface area contributed by atoms with Crippen LogP contribution in [0.5, 0.6) is 0 Å². The molecule has 2 rings (SSSR count). The summed E-state index contributed by atoms with van der Waals surface area (Å²) in [6, 6.07) is 5.78. The quantitative estimate of drug-likeness (QED) is 0.562. The molecule has 2 N–H and O–H groups in total. The van der Waals surface area contributed by atoms with Gasteiger partial charge in [-0.25, -0.2) is 0 Å². The van der Waals surface area contributed by atoms with Crippen molar-refractivity contribution in [2.45, 2.75) is 57.9 Å². The molecule has 5 heteroatoms. The van der Waals surface area contributed by atoms with Gasteiger partial charge in [0.1, 0.15) is 6.04 Å². The molecule has 124 valence electrons. The van der Waals surface area contributed by atoms with Crippen LogP contribution in [0.1, 0.15) is 72.6 Å². The molecule has 1 aliphatic rings. The van der Waals surface area contributed by atoms with E-state index in [-0.39, 0.29) is 0 Å². The first-order chi connectivity index (χ1) is 11.1. The number of carbonyl (C=O) groups is 3. The summed E-state index contributed by atoms with van der Waals surface area (Å²) in [5, 5.41) is 0. The average Bonchev–Trinajstić information content (AvgIpc) is 2.79. The lowest BCUT2D eigenvalue weighted by Gasteiger charge is -2.23. The summed E-state index contributed by atoms with van der Waals surface area (Å²) >= 11 is 0. The van der Waals surface area contributed by atoms with Gasteiger partial charge in [0, 0.05) is 0 Å². The number of nitrogens with zero attached hydrogens (tertiary/aromatic N) is 1. The van der Waals surface area contributed by atoms with E-state index in [9.17, 15) is 14.4 Å². The van der Waals surface area contributed by atoms with Crippen molar-refractivity contribution in [1.82, 2.24) is 4.90 Å². The number of benzene rings is 1. The van der Waals surface area contributed by atoms with Crippen molar-refractivity contribution in [3.63, 3.8) is 0 Å². The van der Waals surface area contributed by atoms with E-state index in [0.717, 1.165) is 24.2 Å². The van der Waals surface area contributed by atoms with Crippen molar-refractivity contribution in [2.75, 3.05) is 0 Å². The van der Waals surface area contributed by atoms with Gasteiger partial charge in [-0.1, -0.05) is 57.6 Å². The van der Waals surface area contributed by atoms with Crippen LogP contribution in [0.2, 0.25) is 0 Å². The van der Waals surface area contributed by atoms with Crippen LogP contribution in [0, 0.1) is 0 Å². The fraction of sp³-hybridized carbons (Fsp3) is 0.500. The number of nitrogens with two attached hydrogens (primary N) is 1. The third-order valence-corrected chi connectivity index (χ3v) is 4.30. The van der Waals surface area contributed by atoms with Gasteiger partial charge in [0.2, 0.25) is 5.91 Å². The zero-order valence-corrected chi connectivity index (χ0v) is 13.6. The van der Waals surface area contributed by atoms with Crippen LogP contribution in [0.25, 0.3) is 0 Å². The lowest BCUT2D eigenvalue weighted by atomic mass is 10.0. The highest BCUT2D eigenvalue weighted by Gasteiger charge is 2.41. The van der Waals surface area contributed by atoms with Crippen LogP contribution < -0.4 is 5.73 Å². The topological polar surface area (TPSA) is 80.5 Å². The van der Waals surface area contributed by atoms with Crippen molar-refractivity contribution >= 4 is 17.7 Å². The predicted molar refractivity (Wildman–Crippen MR) is 87.9 cm³/mol. The largest absolute Gasteiger partial charge is 0.368 e. The molecule has 1 atom stereocenters. The molecule has 0 spiro atoms. The second-order valence-corrected chi connectivity index (χ2v) is 6.00. The SMILES string of the molecule is CCCCCCCCC(C(N)=O)N1C(=O)c2ccccc2C1=O. The standard InChI is InChI=1S/C18H24N2O3/c1-2-3-4-5-6-7-12-15(16(19)21)20-17(22)13-10-8-9-11-14(13)18(20)23/h8-11,15H,2-7,12H2,1H3,(H2,19,21). The Kier molecular flexibility index (Phi) is 5.90. The van der Waals surface area contributed by atoms with E-state index >= 15 is 0 Å². The molecule has 23 heavy (non-hydrogen) atoms. The minimum Gasteiger partial charge on any atom is -0.368 e. The van der Waals surface area contributed by atoms with Crippen molar-refractivity contribution in [2.24, 2.45) is 5.73 Å². The second kappa shape index (κ2) is 7.90. The van der Waals surface area contributed by atoms with Crippen LogP contribution in [-0.4, -0.2) is 28.7 Å². The average molecular weight is 316 g/mol. The van der Waals surface area contributed by atoms with Gasteiger partial charge in [0.05, 0.1) is 11.1 Å². The summed E-state index contributed by atoms with van der Waals surface area (Å²) in [6.45, 7) is 2.16.